The number of likely N-dealkylation sites (tertiary alicyclic amines) is 1. The molecule has 1 aliphatic heterocycles. The summed E-state index contributed by atoms with van der Waals surface area (Å²) < 4.78 is 1.93. The molecule has 0 saturated carbocycles. The Bertz CT molecular complexity index is 412. The van der Waals surface area contributed by atoms with Gasteiger partial charge in [-0.25, -0.2) is 0 Å². The van der Waals surface area contributed by atoms with Crippen LogP contribution in [0.3, 0.4) is 0 Å². The van der Waals surface area contributed by atoms with Gasteiger partial charge in [-0.15, -0.1) is 0 Å². The first-order valence-corrected chi connectivity index (χ1v) is 7.56. The monoisotopic (exact) mass is 264 g/mol. The molecule has 0 bridgehead atoms. The number of nitrogens with zero attached hydrogens (tertiary/aromatic N) is 3. The van der Waals surface area contributed by atoms with Gasteiger partial charge in [0.05, 0.1) is 11.7 Å². The molecule has 108 valence electrons. The molecule has 0 aliphatic carbocycles. The predicted molar refractivity (Wildman–Crippen MR) is 78.9 cm³/mol. The van der Waals surface area contributed by atoms with Crippen LogP contribution in [0.25, 0.3) is 0 Å². The number of hydrogen-bond acceptors (Lipinski definition) is 3. The fourth-order valence-electron chi connectivity index (χ4n) is 3.35. The average molecular weight is 264 g/mol. The minimum Gasteiger partial charge on any atom is -0.329 e. The quantitative estimate of drug-likeness (QED) is 0.906. The van der Waals surface area contributed by atoms with Gasteiger partial charge in [-0.3, -0.25) is 9.58 Å². The fraction of sp³-hybridized carbons (Fsp3) is 0.800. The Morgan fingerprint density at radius 1 is 1.47 bits per heavy atom. The van der Waals surface area contributed by atoms with Gasteiger partial charge < -0.3 is 5.73 Å². The molecule has 19 heavy (non-hydrogen) atoms. The summed E-state index contributed by atoms with van der Waals surface area (Å²) in [7, 11) is 2.00. The van der Waals surface area contributed by atoms with Gasteiger partial charge in [0.15, 0.2) is 0 Å². The van der Waals surface area contributed by atoms with Crippen molar-refractivity contribution in [1.29, 1.82) is 0 Å². The molecule has 3 atom stereocenters. The van der Waals surface area contributed by atoms with Crippen molar-refractivity contribution < 1.29 is 0 Å². The van der Waals surface area contributed by atoms with E-state index in [1.807, 2.05) is 11.7 Å². The van der Waals surface area contributed by atoms with Gasteiger partial charge in [0.2, 0.25) is 0 Å². The topological polar surface area (TPSA) is 47.1 Å². The minimum absolute atomic E-state index is 0.321. The van der Waals surface area contributed by atoms with E-state index >= 15 is 0 Å². The molecule has 1 aromatic rings. The SMILES string of the molecule is CCc1nn(C)cc1C(CN)N1CCCC(C)C1C. The highest BCUT2D eigenvalue weighted by molar-refractivity contribution is 5.22. The minimum atomic E-state index is 0.321. The molecule has 1 aliphatic rings. The summed E-state index contributed by atoms with van der Waals surface area (Å²) in [6, 6.07) is 0.925. The van der Waals surface area contributed by atoms with Crippen molar-refractivity contribution in [3.05, 3.63) is 17.5 Å². The molecular formula is C15H28N4. The summed E-state index contributed by atoms with van der Waals surface area (Å²) in [5.74, 6) is 0.754. The second-order valence-corrected chi connectivity index (χ2v) is 5.91. The van der Waals surface area contributed by atoms with Crippen LogP contribution in [-0.2, 0) is 13.5 Å². The van der Waals surface area contributed by atoms with Crippen molar-refractivity contribution >= 4 is 0 Å². The van der Waals surface area contributed by atoms with E-state index in [1.54, 1.807) is 0 Å². The summed E-state index contributed by atoms with van der Waals surface area (Å²) in [5.41, 5.74) is 8.62. The maximum absolute atomic E-state index is 6.10. The molecule has 2 rings (SSSR count). The highest BCUT2D eigenvalue weighted by Crippen LogP contribution is 2.32. The van der Waals surface area contributed by atoms with Gasteiger partial charge in [0.25, 0.3) is 0 Å². The molecule has 4 nitrogen and oxygen atoms in total. The van der Waals surface area contributed by atoms with Gasteiger partial charge in [-0.2, -0.15) is 5.10 Å². The Hall–Kier alpha value is -0.870. The number of aromatic nitrogens is 2. The number of aryl methyl sites for hydroxylation is 2. The van der Waals surface area contributed by atoms with E-state index in [1.165, 1.54) is 24.1 Å². The van der Waals surface area contributed by atoms with Crippen molar-refractivity contribution in [2.75, 3.05) is 13.1 Å². The lowest BCUT2D eigenvalue weighted by Crippen LogP contribution is -2.46. The molecule has 0 spiro atoms. The van der Waals surface area contributed by atoms with E-state index in [0.29, 0.717) is 18.6 Å². The van der Waals surface area contributed by atoms with Crippen LogP contribution in [0.15, 0.2) is 6.20 Å². The van der Waals surface area contributed by atoms with Crippen LogP contribution < -0.4 is 5.73 Å². The Labute approximate surface area is 117 Å². The van der Waals surface area contributed by atoms with Crippen molar-refractivity contribution in [2.45, 2.75) is 52.1 Å². The summed E-state index contributed by atoms with van der Waals surface area (Å²) in [4.78, 5) is 2.59. The Morgan fingerprint density at radius 2 is 2.21 bits per heavy atom. The van der Waals surface area contributed by atoms with Crippen molar-refractivity contribution in [3.8, 4) is 0 Å². The highest BCUT2D eigenvalue weighted by atomic mass is 15.3. The molecule has 1 saturated heterocycles. The molecule has 0 amide bonds. The molecule has 1 aromatic heterocycles. The van der Waals surface area contributed by atoms with Crippen LogP contribution in [0, 0.1) is 5.92 Å². The average Bonchev–Trinajstić information content (AvgIpc) is 2.76. The molecule has 2 N–H and O–H groups in total. The fourth-order valence-corrected chi connectivity index (χ4v) is 3.35. The maximum Gasteiger partial charge on any atom is 0.0670 e. The third-order valence-electron chi connectivity index (χ3n) is 4.68. The third kappa shape index (κ3) is 2.84. The zero-order chi connectivity index (χ0) is 14.0. The summed E-state index contributed by atoms with van der Waals surface area (Å²) in [6.07, 6.45) is 5.75. The predicted octanol–water partition coefficient (Wildman–Crippen LogP) is 2.10. The van der Waals surface area contributed by atoms with Crippen LogP contribution in [0.2, 0.25) is 0 Å². The number of hydrogen-bond donors (Lipinski definition) is 1. The first-order valence-electron chi connectivity index (χ1n) is 7.56. The Morgan fingerprint density at radius 3 is 2.84 bits per heavy atom. The van der Waals surface area contributed by atoms with Crippen molar-refractivity contribution in [3.63, 3.8) is 0 Å². The molecular weight excluding hydrogens is 236 g/mol. The second-order valence-electron chi connectivity index (χ2n) is 5.91. The molecule has 1 fully saturated rings. The lowest BCUT2D eigenvalue weighted by atomic mass is 9.89. The zero-order valence-corrected chi connectivity index (χ0v) is 12.8. The van der Waals surface area contributed by atoms with Crippen LogP contribution in [0.4, 0.5) is 0 Å². The standard InChI is InChI=1S/C15H28N4/c1-5-14-13(10-18(4)17-14)15(9-16)19-8-6-7-11(2)12(19)3/h10-12,15H,5-9,16H2,1-4H3. The van der Waals surface area contributed by atoms with Crippen LogP contribution >= 0.6 is 0 Å². The molecule has 2 heterocycles. The lowest BCUT2D eigenvalue weighted by molar-refractivity contribution is 0.0706. The largest absolute Gasteiger partial charge is 0.329 e. The summed E-state index contributed by atoms with van der Waals surface area (Å²) in [6.45, 7) is 8.70. The van der Waals surface area contributed by atoms with E-state index in [0.717, 1.165) is 18.9 Å². The van der Waals surface area contributed by atoms with E-state index in [4.69, 9.17) is 5.73 Å². The number of nitrogens with two attached hydrogens (primary N) is 1. The summed E-state index contributed by atoms with van der Waals surface area (Å²) in [5, 5.41) is 4.57. The highest BCUT2D eigenvalue weighted by Gasteiger charge is 2.32. The van der Waals surface area contributed by atoms with E-state index < -0.39 is 0 Å². The van der Waals surface area contributed by atoms with Crippen LogP contribution in [-0.4, -0.2) is 33.8 Å². The number of rotatable bonds is 4. The Kier molecular flexibility index (Phi) is 4.63. The lowest BCUT2D eigenvalue weighted by Gasteiger charge is -2.42. The van der Waals surface area contributed by atoms with E-state index in [-0.39, 0.29) is 0 Å². The molecule has 0 radical (unpaired) electrons. The van der Waals surface area contributed by atoms with Crippen molar-refractivity contribution in [1.82, 2.24) is 14.7 Å². The van der Waals surface area contributed by atoms with Gasteiger partial charge in [0, 0.05) is 31.4 Å². The van der Waals surface area contributed by atoms with Gasteiger partial charge in [-0.05, 0) is 38.6 Å². The van der Waals surface area contributed by atoms with Gasteiger partial charge in [0.1, 0.15) is 0 Å². The van der Waals surface area contributed by atoms with Crippen LogP contribution in [0.1, 0.15) is 50.9 Å². The van der Waals surface area contributed by atoms with E-state index in [2.05, 4.69) is 37.0 Å². The first kappa shape index (κ1) is 14.5. The second kappa shape index (κ2) is 6.06. The first-order chi connectivity index (χ1) is 9.08. The smallest absolute Gasteiger partial charge is 0.0670 e. The van der Waals surface area contributed by atoms with Crippen LogP contribution in [0.5, 0.6) is 0 Å². The zero-order valence-electron chi connectivity index (χ0n) is 12.8. The van der Waals surface area contributed by atoms with Gasteiger partial charge in [-0.1, -0.05) is 13.8 Å². The Balaban J connectivity index is 2.28. The third-order valence-corrected chi connectivity index (χ3v) is 4.68. The van der Waals surface area contributed by atoms with Crippen molar-refractivity contribution in [2.24, 2.45) is 18.7 Å². The summed E-state index contributed by atoms with van der Waals surface area (Å²) >= 11 is 0. The molecule has 4 heteroatoms. The normalized spacial score (nSPS) is 26.6. The van der Waals surface area contributed by atoms with E-state index in [9.17, 15) is 0 Å². The van der Waals surface area contributed by atoms with Gasteiger partial charge >= 0.3 is 0 Å². The molecule has 3 unspecified atom stereocenters. The molecule has 0 aromatic carbocycles. The number of piperidine rings is 1. The maximum atomic E-state index is 6.10.